The Morgan fingerprint density at radius 2 is 2.19 bits per heavy atom. The van der Waals surface area contributed by atoms with Crippen LogP contribution in [0.2, 0.25) is 0 Å². The fourth-order valence-electron chi connectivity index (χ4n) is 3.29. The van der Waals surface area contributed by atoms with Crippen molar-refractivity contribution in [3.8, 4) is 6.19 Å². The topological polar surface area (TPSA) is 56.7 Å². The van der Waals surface area contributed by atoms with Crippen molar-refractivity contribution in [2.75, 3.05) is 18.0 Å². The maximum Gasteiger partial charge on any atom is 0.375 e. The second-order valence-electron chi connectivity index (χ2n) is 5.92. The van der Waals surface area contributed by atoms with Gasteiger partial charge in [-0.05, 0) is 24.3 Å². The van der Waals surface area contributed by atoms with Gasteiger partial charge in [0.1, 0.15) is 6.20 Å². The van der Waals surface area contributed by atoms with Crippen LogP contribution in [0.15, 0.2) is 24.7 Å². The van der Waals surface area contributed by atoms with Crippen LogP contribution in [0.1, 0.15) is 26.7 Å². The number of hydrogen-bond donors (Lipinski definition) is 0. The van der Waals surface area contributed by atoms with E-state index in [9.17, 15) is 5.26 Å². The summed E-state index contributed by atoms with van der Waals surface area (Å²) >= 11 is 0. The molecule has 1 fully saturated rings. The molecule has 1 aliphatic heterocycles. The number of aromatic nitrogens is 3. The first kappa shape index (κ1) is 13.7. The summed E-state index contributed by atoms with van der Waals surface area (Å²) < 4.78 is 1.47. The molecule has 21 heavy (non-hydrogen) atoms. The molecule has 0 spiro atoms. The third kappa shape index (κ3) is 2.54. The second-order valence-corrected chi connectivity index (χ2v) is 5.92. The van der Waals surface area contributed by atoms with Crippen molar-refractivity contribution in [2.24, 2.45) is 11.8 Å². The molecular formula is C16H20N5+. The molecule has 0 aromatic carbocycles. The first-order valence-corrected chi connectivity index (χ1v) is 7.53. The van der Waals surface area contributed by atoms with Crippen LogP contribution in [-0.4, -0.2) is 23.1 Å². The van der Waals surface area contributed by atoms with Crippen LogP contribution in [0.4, 0.5) is 5.69 Å². The van der Waals surface area contributed by atoms with Crippen molar-refractivity contribution < 1.29 is 4.57 Å². The number of nitriles is 1. The maximum atomic E-state index is 9.19. The van der Waals surface area contributed by atoms with Crippen molar-refractivity contribution in [3.63, 3.8) is 0 Å². The van der Waals surface area contributed by atoms with Crippen LogP contribution < -0.4 is 9.47 Å². The lowest BCUT2D eigenvalue weighted by atomic mass is 9.88. The number of rotatable bonds is 2. The lowest BCUT2D eigenvalue weighted by molar-refractivity contribution is -0.559. The van der Waals surface area contributed by atoms with Crippen LogP contribution in [0.5, 0.6) is 0 Å². The van der Waals surface area contributed by atoms with Gasteiger partial charge in [-0.25, -0.2) is 4.98 Å². The van der Waals surface area contributed by atoms with Gasteiger partial charge in [-0.15, -0.1) is 9.55 Å². The molecule has 0 unspecified atom stereocenters. The van der Waals surface area contributed by atoms with E-state index in [4.69, 9.17) is 0 Å². The molecule has 0 aliphatic carbocycles. The summed E-state index contributed by atoms with van der Waals surface area (Å²) in [5.74, 6) is 1.41. The molecule has 2 aromatic rings. The molecule has 5 nitrogen and oxygen atoms in total. The van der Waals surface area contributed by atoms with Gasteiger partial charge in [-0.3, -0.25) is 0 Å². The highest BCUT2D eigenvalue weighted by molar-refractivity contribution is 5.83. The Kier molecular flexibility index (Phi) is 3.70. The molecule has 0 radical (unpaired) electrons. The Morgan fingerprint density at radius 3 is 2.95 bits per heavy atom. The normalized spacial score (nSPS) is 22.2. The maximum absolute atomic E-state index is 9.19. The zero-order chi connectivity index (χ0) is 14.8. The summed E-state index contributed by atoms with van der Waals surface area (Å²) in [6, 6.07) is 1.99. The predicted octanol–water partition coefficient (Wildman–Crippen LogP) is 2.12. The quantitative estimate of drug-likeness (QED) is 0.792. The van der Waals surface area contributed by atoms with Gasteiger partial charge in [0.05, 0.1) is 18.1 Å². The molecule has 5 heteroatoms. The Bertz CT molecular complexity index is 691. The largest absolute Gasteiger partial charge is 0.375 e. The molecule has 0 amide bonds. The van der Waals surface area contributed by atoms with E-state index in [2.05, 4.69) is 34.9 Å². The lowest BCUT2D eigenvalue weighted by Crippen LogP contribution is -2.40. The summed E-state index contributed by atoms with van der Waals surface area (Å²) in [5.41, 5.74) is 2.53. The number of piperidine rings is 1. The molecule has 3 rings (SSSR count). The molecule has 1 aliphatic rings. The monoisotopic (exact) mass is 282 g/mol. The van der Waals surface area contributed by atoms with E-state index in [1.807, 2.05) is 6.07 Å². The van der Waals surface area contributed by atoms with Crippen LogP contribution in [0.25, 0.3) is 11.2 Å². The number of pyridine rings is 1. The third-order valence-electron chi connectivity index (χ3n) is 4.30. The Hall–Kier alpha value is -2.22. The van der Waals surface area contributed by atoms with Crippen molar-refractivity contribution in [1.82, 2.24) is 9.97 Å². The van der Waals surface area contributed by atoms with Gasteiger partial charge in [-0.1, -0.05) is 20.3 Å². The molecule has 0 N–H and O–H groups in total. The van der Waals surface area contributed by atoms with Gasteiger partial charge < -0.3 is 4.90 Å². The molecule has 0 saturated carbocycles. The van der Waals surface area contributed by atoms with Crippen molar-refractivity contribution in [2.45, 2.75) is 26.7 Å². The van der Waals surface area contributed by atoms with E-state index in [0.717, 1.165) is 30.2 Å². The van der Waals surface area contributed by atoms with Gasteiger partial charge in [0.15, 0.2) is 5.52 Å². The fraction of sp³-hybridized carbons (Fsp3) is 0.500. The zero-order valence-corrected chi connectivity index (χ0v) is 12.5. The average molecular weight is 282 g/mol. The minimum absolute atomic E-state index is 0.628. The van der Waals surface area contributed by atoms with Crippen molar-refractivity contribution in [3.05, 3.63) is 24.7 Å². The highest BCUT2D eigenvalue weighted by atomic mass is 15.2. The Morgan fingerprint density at radius 1 is 1.38 bits per heavy atom. The summed E-state index contributed by atoms with van der Waals surface area (Å²) in [6.07, 6.45) is 9.73. The molecule has 3 heterocycles. The van der Waals surface area contributed by atoms with Crippen LogP contribution >= 0.6 is 0 Å². The summed E-state index contributed by atoms with van der Waals surface area (Å²) in [5, 5.41) is 9.19. The standard InChI is InChI=1S/C16H20N5/c1-3-13-8-12(2)9-21(10-13)14-4-7-20(11-17)16-15(14)18-5-6-19-16/h4-7,12-13H,3,8-10H2,1-2H3/q+1/t12-,13+/m0/s1. The highest BCUT2D eigenvalue weighted by Gasteiger charge is 2.26. The minimum atomic E-state index is 0.628. The first-order valence-electron chi connectivity index (χ1n) is 7.53. The first-order chi connectivity index (χ1) is 10.2. The zero-order valence-electron chi connectivity index (χ0n) is 12.5. The van der Waals surface area contributed by atoms with Crippen molar-refractivity contribution in [1.29, 1.82) is 5.26 Å². The van der Waals surface area contributed by atoms with Crippen LogP contribution in [0, 0.1) is 23.3 Å². The third-order valence-corrected chi connectivity index (χ3v) is 4.30. The van der Waals surface area contributed by atoms with Crippen LogP contribution in [0.3, 0.4) is 0 Å². The molecule has 0 bridgehead atoms. The Balaban J connectivity index is 2.07. The SMILES string of the molecule is CC[C@@H]1C[C@H](C)CN(c2cc[n+](C#N)c3nccnc23)C1. The smallest absolute Gasteiger partial charge is 0.369 e. The lowest BCUT2D eigenvalue weighted by Gasteiger charge is -2.37. The number of anilines is 1. The van der Waals surface area contributed by atoms with Gasteiger partial charge in [0.25, 0.3) is 0 Å². The van der Waals surface area contributed by atoms with E-state index in [1.165, 1.54) is 17.4 Å². The minimum Gasteiger partial charge on any atom is -0.369 e. The number of hydrogen-bond acceptors (Lipinski definition) is 4. The molecular weight excluding hydrogens is 262 g/mol. The average Bonchev–Trinajstić information content (AvgIpc) is 2.53. The number of nitrogens with zero attached hydrogens (tertiary/aromatic N) is 5. The van der Waals surface area contributed by atoms with Gasteiger partial charge in [-0.2, -0.15) is 0 Å². The summed E-state index contributed by atoms with van der Waals surface area (Å²) in [7, 11) is 0. The molecule has 2 aromatic heterocycles. The van der Waals surface area contributed by atoms with Crippen LogP contribution in [-0.2, 0) is 0 Å². The summed E-state index contributed by atoms with van der Waals surface area (Å²) in [6.45, 7) is 6.66. The van der Waals surface area contributed by atoms with E-state index < -0.39 is 0 Å². The van der Waals surface area contributed by atoms with Gasteiger partial charge in [0.2, 0.25) is 0 Å². The Labute approximate surface area is 124 Å². The highest BCUT2D eigenvalue weighted by Crippen LogP contribution is 2.30. The molecule has 1 saturated heterocycles. The van der Waals surface area contributed by atoms with Gasteiger partial charge >= 0.3 is 11.8 Å². The summed E-state index contributed by atoms with van der Waals surface area (Å²) in [4.78, 5) is 11.2. The predicted molar refractivity (Wildman–Crippen MR) is 80.5 cm³/mol. The fourth-order valence-corrected chi connectivity index (χ4v) is 3.29. The van der Waals surface area contributed by atoms with E-state index in [0.29, 0.717) is 11.6 Å². The van der Waals surface area contributed by atoms with E-state index >= 15 is 0 Å². The van der Waals surface area contributed by atoms with Gasteiger partial charge in [0, 0.05) is 18.4 Å². The van der Waals surface area contributed by atoms with Crippen molar-refractivity contribution >= 4 is 16.9 Å². The molecule has 2 atom stereocenters. The number of fused-ring (bicyclic) bond motifs is 1. The van der Waals surface area contributed by atoms with E-state index in [-0.39, 0.29) is 0 Å². The van der Waals surface area contributed by atoms with E-state index in [1.54, 1.807) is 18.6 Å². The molecule has 108 valence electrons. The second kappa shape index (κ2) is 5.65.